The fourth-order valence-electron chi connectivity index (χ4n) is 4.03. The van der Waals surface area contributed by atoms with E-state index in [0.29, 0.717) is 26.1 Å². The Kier molecular flexibility index (Phi) is 5.39. The number of carbonyl (C=O) groups is 2. The second-order valence-electron chi connectivity index (χ2n) is 7.11. The van der Waals surface area contributed by atoms with Crippen molar-refractivity contribution in [1.29, 1.82) is 0 Å². The molecule has 6 nitrogen and oxygen atoms in total. The molecule has 2 aliphatic heterocycles. The minimum atomic E-state index is -0.450. The third-order valence-corrected chi connectivity index (χ3v) is 5.35. The average molecular weight is 345 g/mol. The fraction of sp³-hybridized carbons (Fsp3) is 0.579. The molecule has 0 aliphatic carbocycles. The first-order chi connectivity index (χ1) is 12.0. The summed E-state index contributed by atoms with van der Waals surface area (Å²) in [6.45, 7) is 3.89. The number of likely N-dealkylation sites (N-methyl/N-ethyl adjacent to an activating group) is 1. The first-order valence-corrected chi connectivity index (χ1v) is 9.01. The van der Waals surface area contributed by atoms with Gasteiger partial charge in [0.15, 0.2) is 0 Å². The molecule has 2 amide bonds. The van der Waals surface area contributed by atoms with E-state index in [1.807, 2.05) is 36.1 Å². The Bertz CT molecular complexity index is 641. The van der Waals surface area contributed by atoms with Crippen LogP contribution >= 0.6 is 0 Å². The van der Waals surface area contributed by atoms with Crippen LogP contribution < -0.4 is 5.32 Å². The van der Waals surface area contributed by atoms with Gasteiger partial charge in [-0.2, -0.15) is 0 Å². The number of hydrogen-bond donors (Lipinski definition) is 2. The first-order valence-electron chi connectivity index (χ1n) is 9.01. The summed E-state index contributed by atoms with van der Waals surface area (Å²) >= 11 is 0. The third-order valence-electron chi connectivity index (χ3n) is 5.35. The zero-order valence-electron chi connectivity index (χ0n) is 14.9. The minimum absolute atomic E-state index is 0.0326. The number of nitrogens with zero attached hydrogens (tertiary/aromatic N) is 2. The highest BCUT2D eigenvalue weighted by Gasteiger charge is 2.40. The average Bonchev–Trinajstić information content (AvgIpc) is 3.02. The maximum Gasteiger partial charge on any atom is 0.253 e. The van der Waals surface area contributed by atoms with Gasteiger partial charge >= 0.3 is 0 Å². The van der Waals surface area contributed by atoms with Gasteiger partial charge in [-0.3, -0.25) is 14.5 Å². The van der Waals surface area contributed by atoms with Crippen LogP contribution in [0.4, 0.5) is 0 Å². The first kappa shape index (κ1) is 17.9. The Morgan fingerprint density at radius 1 is 1.24 bits per heavy atom. The number of nitrogens with one attached hydrogen (secondary N) is 1. The predicted octanol–water partition coefficient (Wildman–Crippen LogP) is 0.781. The van der Waals surface area contributed by atoms with Crippen LogP contribution in [0.5, 0.6) is 0 Å². The third kappa shape index (κ3) is 3.85. The highest BCUT2D eigenvalue weighted by Crippen LogP contribution is 2.27. The van der Waals surface area contributed by atoms with Crippen LogP contribution in [0.25, 0.3) is 0 Å². The summed E-state index contributed by atoms with van der Waals surface area (Å²) in [5, 5.41) is 12.7. The number of hydrogen-bond acceptors (Lipinski definition) is 4. The number of benzene rings is 1. The van der Waals surface area contributed by atoms with Gasteiger partial charge in [0.2, 0.25) is 5.91 Å². The maximum absolute atomic E-state index is 12.7. The number of aryl methyl sites for hydroxylation is 1. The molecule has 6 heteroatoms. The molecule has 0 saturated carbocycles. The molecule has 1 aromatic carbocycles. The smallest absolute Gasteiger partial charge is 0.253 e. The van der Waals surface area contributed by atoms with Gasteiger partial charge in [-0.15, -0.1) is 0 Å². The van der Waals surface area contributed by atoms with Crippen molar-refractivity contribution < 1.29 is 14.7 Å². The van der Waals surface area contributed by atoms with E-state index in [1.165, 1.54) is 0 Å². The van der Waals surface area contributed by atoms with Gasteiger partial charge < -0.3 is 15.3 Å². The molecule has 3 rings (SSSR count). The lowest BCUT2D eigenvalue weighted by atomic mass is 10.0. The van der Waals surface area contributed by atoms with Crippen LogP contribution in [0.1, 0.15) is 35.2 Å². The molecule has 0 radical (unpaired) electrons. The molecule has 2 saturated heterocycles. The van der Waals surface area contributed by atoms with Crippen molar-refractivity contribution in [3.63, 3.8) is 0 Å². The van der Waals surface area contributed by atoms with Crippen molar-refractivity contribution >= 4 is 11.8 Å². The van der Waals surface area contributed by atoms with E-state index < -0.39 is 6.10 Å². The van der Waals surface area contributed by atoms with Crippen LogP contribution in [0.3, 0.4) is 0 Å². The number of piperidine rings is 1. The lowest BCUT2D eigenvalue weighted by Gasteiger charge is -2.38. The van der Waals surface area contributed by atoms with Gasteiger partial charge in [0.1, 0.15) is 0 Å². The number of amides is 2. The van der Waals surface area contributed by atoms with Gasteiger partial charge in [0, 0.05) is 38.3 Å². The Hall–Kier alpha value is -1.92. The number of likely N-dealkylation sites (tertiary alicyclic amines) is 2. The van der Waals surface area contributed by atoms with Gasteiger partial charge in [-0.05, 0) is 38.3 Å². The molecule has 2 aliphatic rings. The van der Waals surface area contributed by atoms with E-state index >= 15 is 0 Å². The zero-order valence-corrected chi connectivity index (χ0v) is 14.9. The van der Waals surface area contributed by atoms with Crippen LogP contribution in [0.15, 0.2) is 24.3 Å². The van der Waals surface area contributed by atoms with Crippen molar-refractivity contribution in [1.82, 2.24) is 15.1 Å². The molecular weight excluding hydrogens is 318 g/mol. The fourth-order valence-corrected chi connectivity index (χ4v) is 4.03. The summed E-state index contributed by atoms with van der Waals surface area (Å²) in [6.07, 6.45) is 1.70. The second kappa shape index (κ2) is 7.54. The molecule has 2 atom stereocenters. The summed E-state index contributed by atoms with van der Waals surface area (Å²) in [7, 11) is 1.63. The summed E-state index contributed by atoms with van der Waals surface area (Å²) < 4.78 is 0. The molecule has 2 fully saturated rings. The Morgan fingerprint density at radius 3 is 2.60 bits per heavy atom. The molecule has 0 aromatic heterocycles. The number of aliphatic hydroxyl groups is 1. The molecule has 2 heterocycles. The SMILES string of the molecule is CNC(=O)[C@@H]1C[C@@H](O)CN1C1CCN(C(=O)c2cccc(C)c2)CC1. The quantitative estimate of drug-likeness (QED) is 0.849. The van der Waals surface area contributed by atoms with E-state index in [4.69, 9.17) is 0 Å². The largest absolute Gasteiger partial charge is 0.392 e. The van der Waals surface area contributed by atoms with Crippen molar-refractivity contribution in [2.45, 2.75) is 44.4 Å². The van der Waals surface area contributed by atoms with Crippen molar-refractivity contribution in [2.75, 3.05) is 26.7 Å². The standard InChI is InChI=1S/C19H27N3O3/c1-13-4-3-5-14(10-13)19(25)21-8-6-15(7-9-21)22-12-16(23)11-17(22)18(24)20-2/h3-5,10,15-17,23H,6-9,11-12H2,1-2H3,(H,20,24)/t16-,17+/m1/s1. The number of carbonyl (C=O) groups excluding carboxylic acids is 2. The molecule has 0 unspecified atom stereocenters. The zero-order chi connectivity index (χ0) is 18.0. The van der Waals surface area contributed by atoms with E-state index in [2.05, 4.69) is 10.2 Å². The van der Waals surface area contributed by atoms with Crippen LogP contribution in [0.2, 0.25) is 0 Å². The van der Waals surface area contributed by atoms with Gasteiger partial charge in [-0.25, -0.2) is 0 Å². The summed E-state index contributed by atoms with van der Waals surface area (Å²) in [4.78, 5) is 28.8. The lowest BCUT2D eigenvalue weighted by molar-refractivity contribution is -0.126. The van der Waals surface area contributed by atoms with E-state index in [1.54, 1.807) is 7.05 Å². The van der Waals surface area contributed by atoms with Gasteiger partial charge in [0.05, 0.1) is 12.1 Å². The summed E-state index contributed by atoms with van der Waals surface area (Å²) in [5.41, 5.74) is 1.82. The molecular formula is C19H27N3O3. The Labute approximate surface area is 148 Å². The second-order valence-corrected chi connectivity index (χ2v) is 7.11. The van der Waals surface area contributed by atoms with Crippen LogP contribution in [-0.2, 0) is 4.79 Å². The number of β-amino-alcohol motifs (C(OH)–C–C–N with tert-alkyl or cyclic N) is 1. The Balaban J connectivity index is 1.61. The monoisotopic (exact) mass is 345 g/mol. The molecule has 0 spiro atoms. The van der Waals surface area contributed by atoms with E-state index in [9.17, 15) is 14.7 Å². The lowest BCUT2D eigenvalue weighted by Crippen LogP contribution is -2.51. The van der Waals surface area contributed by atoms with Gasteiger partial charge in [-0.1, -0.05) is 17.7 Å². The van der Waals surface area contributed by atoms with Crippen LogP contribution in [0, 0.1) is 6.92 Å². The van der Waals surface area contributed by atoms with Crippen molar-refractivity contribution in [3.05, 3.63) is 35.4 Å². The van der Waals surface area contributed by atoms with E-state index in [-0.39, 0.29) is 23.9 Å². The highest BCUT2D eigenvalue weighted by atomic mass is 16.3. The molecule has 136 valence electrons. The molecule has 1 aromatic rings. The summed E-state index contributed by atoms with van der Waals surface area (Å²) in [5.74, 6) is 0.0428. The van der Waals surface area contributed by atoms with E-state index in [0.717, 1.165) is 24.0 Å². The van der Waals surface area contributed by atoms with Crippen molar-refractivity contribution in [3.8, 4) is 0 Å². The normalized spacial score (nSPS) is 25.2. The topological polar surface area (TPSA) is 72.9 Å². The minimum Gasteiger partial charge on any atom is -0.392 e. The molecule has 25 heavy (non-hydrogen) atoms. The van der Waals surface area contributed by atoms with Gasteiger partial charge in [0.25, 0.3) is 5.91 Å². The Morgan fingerprint density at radius 2 is 1.96 bits per heavy atom. The van der Waals surface area contributed by atoms with Crippen LogP contribution in [-0.4, -0.2) is 71.6 Å². The number of aliphatic hydroxyl groups excluding tert-OH is 1. The van der Waals surface area contributed by atoms with Crippen molar-refractivity contribution in [2.24, 2.45) is 0 Å². The predicted molar refractivity (Wildman–Crippen MR) is 95.3 cm³/mol. The summed E-state index contributed by atoms with van der Waals surface area (Å²) in [6, 6.07) is 7.66. The maximum atomic E-state index is 12.7. The number of rotatable bonds is 3. The molecule has 2 N–H and O–H groups in total. The highest BCUT2D eigenvalue weighted by molar-refractivity contribution is 5.94. The molecule has 0 bridgehead atoms.